The van der Waals surface area contributed by atoms with Gasteiger partial charge in [-0.05, 0) is 33.4 Å². The van der Waals surface area contributed by atoms with E-state index < -0.39 is 7.12 Å². The maximum atomic E-state index is 9.16. The molecule has 0 radical (unpaired) electrons. The van der Waals surface area contributed by atoms with Gasteiger partial charge in [0, 0.05) is 0 Å². The Kier molecular flexibility index (Phi) is 4.05. The lowest BCUT2D eigenvalue weighted by Gasteiger charge is -2.06. The third-order valence-corrected chi connectivity index (χ3v) is 2.75. The highest BCUT2D eigenvalue weighted by Crippen LogP contribution is 2.20. The minimum absolute atomic E-state index is 0. The van der Waals surface area contributed by atoms with E-state index in [1.165, 1.54) is 0 Å². The second-order valence-electron chi connectivity index (χ2n) is 2.97. The summed E-state index contributed by atoms with van der Waals surface area (Å²) in [7, 11) is -1.41. The summed E-state index contributed by atoms with van der Waals surface area (Å²) in [5, 5.41) is 22.3. The van der Waals surface area contributed by atoms with Crippen LogP contribution in [0.3, 0.4) is 0 Å². The van der Waals surface area contributed by atoms with Crippen molar-refractivity contribution in [2.45, 2.75) is 0 Å². The lowest BCUT2D eigenvalue weighted by molar-refractivity contribution is 0.426. The lowest BCUT2D eigenvalue weighted by Crippen LogP contribution is -2.31. The standard InChI is InChI=1S/C10H9BO2S.H2O/c12-11(13)10-4-2-1-3-9(10)8-5-6-14-7-8;/h1-7,12-13H;1H2. The molecule has 0 spiro atoms. The van der Waals surface area contributed by atoms with Gasteiger partial charge in [-0.2, -0.15) is 11.3 Å². The molecule has 3 nitrogen and oxygen atoms in total. The average molecular weight is 222 g/mol. The molecule has 0 atom stereocenters. The second kappa shape index (κ2) is 5.09. The van der Waals surface area contributed by atoms with E-state index in [0.717, 1.165) is 11.1 Å². The normalized spacial score (nSPS) is 9.47. The molecule has 4 N–H and O–H groups in total. The van der Waals surface area contributed by atoms with Gasteiger partial charge in [-0.15, -0.1) is 0 Å². The van der Waals surface area contributed by atoms with Gasteiger partial charge < -0.3 is 15.5 Å². The van der Waals surface area contributed by atoms with Gasteiger partial charge in [0.15, 0.2) is 0 Å². The zero-order chi connectivity index (χ0) is 9.97. The second-order valence-corrected chi connectivity index (χ2v) is 3.75. The van der Waals surface area contributed by atoms with E-state index >= 15 is 0 Å². The van der Waals surface area contributed by atoms with Crippen LogP contribution in [0.25, 0.3) is 11.1 Å². The topological polar surface area (TPSA) is 72.0 Å². The third kappa shape index (κ3) is 2.46. The molecule has 2 rings (SSSR count). The van der Waals surface area contributed by atoms with Crippen molar-refractivity contribution < 1.29 is 15.5 Å². The van der Waals surface area contributed by atoms with E-state index in [1.54, 1.807) is 23.5 Å². The van der Waals surface area contributed by atoms with Gasteiger partial charge >= 0.3 is 7.12 Å². The number of thiophene rings is 1. The highest BCUT2D eigenvalue weighted by atomic mass is 32.1. The summed E-state index contributed by atoms with van der Waals surface area (Å²) < 4.78 is 0. The molecule has 0 aliphatic rings. The van der Waals surface area contributed by atoms with Gasteiger partial charge in [-0.1, -0.05) is 24.3 Å². The Morgan fingerprint density at radius 1 is 1.07 bits per heavy atom. The first-order valence-electron chi connectivity index (χ1n) is 4.26. The molecule has 0 fully saturated rings. The third-order valence-electron chi connectivity index (χ3n) is 2.07. The Morgan fingerprint density at radius 2 is 1.80 bits per heavy atom. The Labute approximate surface area is 92.1 Å². The Morgan fingerprint density at radius 3 is 2.40 bits per heavy atom. The van der Waals surface area contributed by atoms with Gasteiger partial charge in [0.25, 0.3) is 0 Å². The molecule has 1 heterocycles. The molecule has 2 aromatic rings. The van der Waals surface area contributed by atoms with Crippen LogP contribution >= 0.6 is 11.3 Å². The molecule has 1 aromatic carbocycles. The van der Waals surface area contributed by atoms with Crippen molar-refractivity contribution in [3.8, 4) is 11.1 Å². The van der Waals surface area contributed by atoms with Gasteiger partial charge in [-0.25, -0.2) is 0 Å². The van der Waals surface area contributed by atoms with Crippen molar-refractivity contribution in [3.05, 3.63) is 41.1 Å². The van der Waals surface area contributed by atoms with Crippen molar-refractivity contribution in [1.82, 2.24) is 0 Å². The molecule has 1 aromatic heterocycles. The van der Waals surface area contributed by atoms with Gasteiger partial charge in [0.05, 0.1) is 0 Å². The summed E-state index contributed by atoms with van der Waals surface area (Å²) in [5.41, 5.74) is 2.45. The van der Waals surface area contributed by atoms with E-state index in [2.05, 4.69) is 0 Å². The van der Waals surface area contributed by atoms with E-state index in [-0.39, 0.29) is 5.48 Å². The summed E-state index contributed by atoms with van der Waals surface area (Å²) in [6.07, 6.45) is 0. The monoisotopic (exact) mass is 222 g/mol. The number of hydrogen-bond donors (Lipinski definition) is 2. The highest BCUT2D eigenvalue weighted by Gasteiger charge is 2.15. The largest absolute Gasteiger partial charge is 0.489 e. The van der Waals surface area contributed by atoms with Crippen molar-refractivity contribution in [2.24, 2.45) is 0 Å². The van der Waals surface area contributed by atoms with E-state index in [9.17, 15) is 0 Å². The van der Waals surface area contributed by atoms with Crippen LogP contribution in [0.4, 0.5) is 0 Å². The first-order chi connectivity index (χ1) is 6.79. The van der Waals surface area contributed by atoms with Gasteiger partial charge in [0.1, 0.15) is 0 Å². The first kappa shape index (κ1) is 11.9. The van der Waals surface area contributed by atoms with Crippen molar-refractivity contribution >= 4 is 23.9 Å². The molecule has 0 bridgehead atoms. The summed E-state index contributed by atoms with van der Waals surface area (Å²) in [6.45, 7) is 0. The molecule has 78 valence electrons. The quantitative estimate of drug-likeness (QED) is 0.716. The molecule has 0 unspecified atom stereocenters. The lowest BCUT2D eigenvalue weighted by atomic mass is 9.76. The van der Waals surface area contributed by atoms with Gasteiger partial charge in [-0.3, -0.25) is 0 Å². The number of rotatable bonds is 2. The van der Waals surface area contributed by atoms with Crippen LogP contribution in [0.1, 0.15) is 0 Å². The summed E-state index contributed by atoms with van der Waals surface area (Å²) in [5.74, 6) is 0. The minimum atomic E-state index is -1.41. The summed E-state index contributed by atoms with van der Waals surface area (Å²) in [4.78, 5) is 0. The summed E-state index contributed by atoms with van der Waals surface area (Å²) >= 11 is 1.59. The zero-order valence-corrected chi connectivity index (χ0v) is 8.74. The zero-order valence-electron chi connectivity index (χ0n) is 7.92. The van der Waals surface area contributed by atoms with Crippen LogP contribution in [0.5, 0.6) is 0 Å². The minimum Gasteiger partial charge on any atom is -0.423 e. The van der Waals surface area contributed by atoms with Gasteiger partial charge in [0.2, 0.25) is 0 Å². The summed E-state index contributed by atoms with van der Waals surface area (Å²) in [6, 6.07) is 9.25. The number of benzene rings is 1. The molecule has 0 amide bonds. The predicted molar refractivity (Wildman–Crippen MR) is 63.2 cm³/mol. The Balaban J connectivity index is 0.00000112. The SMILES string of the molecule is O.OB(O)c1ccccc1-c1ccsc1. The number of hydrogen-bond acceptors (Lipinski definition) is 3. The Bertz CT molecular complexity index is 414. The van der Waals surface area contributed by atoms with E-state index in [1.807, 2.05) is 29.0 Å². The van der Waals surface area contributed by atoms with E-state index in [4.69, 9.17) is 10.0 Å². The van der Waals surface area contributed by atoms with Crippen LogP contribution in [0, 0.1) is 0 Å². The first-order valence-corrected chi connectivity index (χ1v) is 5.21. The molecule has 0 aliphatic carbocycles. The van der Waals surface area contributed by atoms with Crippen LogP contribution in [0.15, 0.2) is 41.1 Å². The fourth-order valence-corrected chi connectivity index (χ4v) is 2.06. The Hall–Kier alpha value is -1.14. The maximum Gasteiger partial charge on any atom is 0.489 e. The molecule has 5 heteroatoms. The molecule has 0 saturated heterocycles. The van der Waals surface area contributed by atoms with Crippen molar-refractivity contribution in [2.75, 3.05) is 0 Å². The fourth-order valence-electron chi connectivity index (χ4n) is 1.40. The highest BCUT2D eigenvalue weighted by molar-refractivity contribution is 7.08. The maximum absolute atomic E-state index is 9.16. The molecule has 15 heavy (non-hydrogen) atoms. The van der Waals surface area contributed by atoms with Crippen LogP contribution < -0.4 is 5.46 Å². The van der Waals surface area contributed by atoms with Crippen molar-refractivity contribution in [3.63, 3.8) is 0 Å². The van der Waals surface area contributed by atoms with Crippen LogP contribution in [-0.2, 0) is 0 Å². The smallest absolute Gasteiger partial charge is 0.423 e. The molecule has 0 saturated carbocycles. The van der Waals surface area contributed by atoms with Crippen LogP contribution in [-0.4, -0.2) is 22.6 Å². The molecular formula is C10H11BO3S. The molecular weight excluding hydrogens is 211 g/mol. The average Bonchev–Trinajstić information content (AvgIpc) is 2.70. The predicted octanol–water partition coefficient (Wildman–Crippen LogP) is 0.270. The van der Waals surface area contributed by atoms with Crippen LogP contribution in [0.2, 0.25) is 0 Å². The van der Waals surface area contributed by atoms with E-state index in [0.29, 0.717) is 5.46 Å². The molecule has 0 aliphatic heterocycles. The van der Waals surface area contributed by atoms with Crippen molar-refractivity contribution in [1.29, 1.82) is 0 Å². The fraction of sp³-hybridized carbons (Fsp3) is 0.